The fourth-order valence-electron chi connectivity index (χ4n) is 4.12. The molecule has 1 aliphatic carbocycles. The third-order valence-corrected chi connectivity index (χ3v) is 7.69. The van der Waals surface area contributed by atoms with Gasteiger partial charge in [-0.2, -0.15) is 0 Å². The smallest absolute Gasteiger partial charge is 0.268 e. The summed E-state index contributed by atoms with van der Waals surface area (Å²) in [5.41, 5.74) is 4.91. The molecule has 4 N–H and O–H groups in total. The average molecular weight is 541 g/mol. The maximum Gasteiger partial charge on any atom is 0.268 e. The Hall–Kier alpha value is -3.60. The Morgan fingerprint density at radius 2 is 1.92 bits per heavy atom. The van der Waals surface area contributed by atoms with Gasteiger partial charge in [0.25, 0.3) is 11.8 Å². The number of carbonyl (C=O) groups is 2. The molecule has 3 aromatic rings. The van der Waals surface area contributed by atoms with E-state index in [0.29, 0.717) is 51.4 Å². The summed E-state index contributed by atoms with van der Waals surface area (Å²) in [6, 6.07) is 14.2. The molecule has 1 saturated heterocycles. The third-order valence-electron chi connectivity index (χ3n) is 6.43. The second-order valence-corrected chi connectivity index (χ2v) is 11.1. The molecule has 2 fully saturated rings. The summed E-state index contributed by atoms with van der Waals surface area (Å²) in [6.45, 7) is 2.48. The van der Waals surface area contributed by atoms with Gasteiger partial charge < -0.3 is 9.73 Å². The maximum absolute atomic E-state index is 12.7. The topological polar surface area (TPSA) is 135 Å². The first-order valence-corrected chi connectivity index (χ1v) is 13.7. The molecule has 9 nitrogen and oxygen atoms in total. The van der Waals surface area contributed by atoms with E-state index in [1.165, 1.54) is 12.1 Å². The van der Waals surface area contributed by atoms with Crippen LogP contribution in [0, 0.1) is 5.92 Å². The van der Waals surface area contributed by atoms with Crippen LogP contribution in [0.4, 0.5) is 5.69 Å². The van der Waals surface area contributed by atoms with E-state index in [9.17, 15) is 18.0 Å². The van der Waals surface area contributed by atoms with Gasteiger partial charge in [0.05, 0.1) is 27.2 Å². The van der Waals surface area contributed by atoms with Gasteiger partial charge in [-0.25, -0.2) is 13.6 Å². The normalized spacial score (nSPS) is 18.8. The molecule has 1 aromatic heterocycles. The minimum atomic E-state index is -3.81. The summed E-state index contributed by atoms with van der Waals surface area (Å²) in [7, 11) is -3.81. The first-order chi connectivity index (χ1) is 17.6. The Labute approximate surface area is 219 Å². The van der Waals surface area contributed by atoms with Gasteiger partial charge in [0.1, 0.15) is 11.5 Å². The number of amides is 2. The summed E-state index contributed by atoms with van der Waals surface area (Å²) < 4.78 is 29.0. The van der Waals surface area contributed by atoms with Gasteiger partial charge >= 0.3 is 0 Å². The monoisotopic (exact) mass is 540 g/mol. The lowest BCUT2D eigenvalue weighted by Gasteiger charge is -2.22. The standard InChI is InChI=1S/C26H25ClN4O5S/c1-15-21(26(33)30-31(15)18-5-8-20(9-6-18)37(28,34)35)13-19-7-11-24(36-19)17-4-10-23(27)22(12-17)25(32)29-14-16-2-3-16/h4-13,15-16H,2-3,14H2,1H3,(H,29,32)(H,30,33)(H2,28,34,35)/b21-13-. The molecule has 1 unspecified atom stereocenters. The van der Waals surface area contributed by atoms with Gasteiger partial charge in [0.15, 0.2) is 0 Å². The minimum absolute atomic E-state index is 0.0148. The highest BCUT2D eigenvalue weighted by Crippen LogP contribution is 2.31. The van der Waals surface area contributed by atoms with Crippen molar-refractivity contribution in [2.75, 3.05) is 11.6 Å². The first kappa shape index (κ1) is 25.1. The van der Waals surface area contributed by atoms with Gasteiger partial charge in [-0.3, -0.25) is 20.0 Å². The number of primary sulfonamides is 1. The zero-order valence-electron chi connectivity index (χ0n) is 19.9. The Balaban J connectivity index is 1.34. The second kappa shape index (κ2) is 9.70. The Kier molecular flexibility index (Phi) is 6.57. The first-order valence-electron chi connectivity index (χ1n) is 11.7. The van der Waals surface area contributed by atoms with Crippen LogP contribution >= 0.6 is 11.6 Å². The van der Waals surface area contributed by atoms with Crippen LogP contribution in [-0.2, 0) is 14.8 Å². The number of halogens is 1. The molecule has 1 aliphatic heterocycles. The molecule has 0 radical (unpaired) electrons. The number of rotatable bonds is 7. The summed E-state index contributed by atoms with van der Waals surface area (Å²) in [6.07, 6.45) is 3.93. The van der Waals surface area contributed by atoms with Gasteiger partial charge in [-0.1, -0.05) is 11.6 Å². The summed E-state index contributed by atoms with van der Waals surface area (Å²) >= 11 is 6.27. The number of anilines is 1. The fraction of sp³-hybridized carbons (Fsp3) is 0.231. The summed E-state index contributed by atoms with van der Waals surface area (Å²) in [5, 5.41) is 10.1. The maximum atomic E-state index is 12.7. The highest BCUT2D eigenvalue weighted by molar-refractivity contribution is 7.89. The van der Waals surface area contributed by atoms with Crippen molar-refractivity contribution in [1.29, 1.82) is 0 Å². The van der Waals surface area contributed by atoms with Crippen LogP contribution in [0.1, 0.15) is 35.9 Å². The van der Waals surface area contributed by atoms with Crippen molar-refractivity contribution in [2.24, 2.45) is 11.1 Å². The van der Waals surface area contributed by atoms with Crippen LogP contribution in [0.3, 0.4) is 0 Å². The Morgan fingerprint density at radius 3 is 2.59 bits per heavy atom. The van der Waals surface area contributed by atoms with E-state index >= 15 is 0 Å². The molecule has 2 amide bonds. The number of nitrogens with zero attached hydrogens (tertiary/aromatic N) is 1. The number of hydrogen-bond acceptors (Lipinski definition) is 6. The van der Waals surface area contributed by atoms with E-state index in [1.807, 2.05) is 6.92 Å². The second-order valence-electron chi connectivity index (χ2n) is 9.18. The highest BCUT2D eigenvalue weighted by atomic mass is 35.5. The number of furan rings is 1. The number of nitrogens with two attached hydrogens (primary N) is 1. The molecule has 2 heterocycles. The number of sulfonamides is 1. The number of hydrogen-bond donors (Lipinski definition) is 3. The van der Waals surface area contributed by atoms with E-state index in [4.69, 9.17) is 21.2 Å². The number of carbonyl (C=O) groups excluding carboxylic acids is 2. The molecule has 192 valence electrons. The quantitative estimate of drug-likeness (QED) is 0.391. The molecule has 11 heteroatoms. The number of hydrazine groups is 1. The lowest BCUT2D eigenvalue weighted by atomic mass is 10.1. The van der Waals surface area contributed by atoms with Crippen molar-refractivity contribution in [3.63, 3.8) is 0 Å². The van der Waals surface area contributed by atoms with E-state index < -0.39 is 10.0 Å². The van der Waals surface area contributed by atoms with Crippen molar-refractivity contribution in [3.05, 3.63) is 76.5 Å². The Bertz CT molecular complexity index is 1510. The van der Waals surface area contributed by atoms with Gasteiger partial charge in [-0.15, -0.1) is 0 Å². The van der Waals surface area contributed by atoms with E-state index in [1.54, 1.807) is 53.5 Å². The van der Waals surface area contributed by atoms with Crippen LogP contribution in [-0.4, -0.2) is 32.8 Å². The molecule has 2 aromatic carbocycles. The number of benzene rings is 2. The molecule has 0 bridgehead atoms. The van der Waals surface area contributed by atoms with E-state index in [2.05, 4.69) is 10.7 Å². The molecule has 37 heavy (non-hydrogen) atoms. The Morgan fingerprint density at radius 1 is 1.19 bits per heavy atom. The molecule has 1 atom stereocenters. The third kappa shape index (κ3) is 5.41. The zero-order valence-corrected chi connectivity index (χ0v) is 21.5. The SMILES string of the molecule is CC1/C(=C/c2ccc(-c3ccc(Cl)c(C(=O)NCC4CC4)c3)o2)C(=O)NN1c1ccc(S(N)(=O)=O)cc1. The fourth-order valence-corrected chi connectivity index (χ4v) is 4.83. The van der Waals surface area contributed by atoms with E-state index in [0.717, 1.165) is 12.8 Å². The van der Waals surface area contributed by atoms with Gasteiger partial charge in [0, 0.05) is 17.7 Å². The molecule has 0 spiro atoms. The predicted molar refractivity (Wildman–Crippen MR) is 140 cm³/mol. The van der Waals surface area contributed by atoms with Crippen LogP contribution < -0.4 is 20.9 Å². The zero-order chi connectivity index (χ0) is 26.3. The largest absolute Gasteiger partial charge is 0.457 e. The molecular weight excluding hydrogens is 516 g/mol. The van der Waals surface area contributed by atoms with Crippen LogP contribution in [0.5, 0.6) is 0 Å². The summed E-state index contributed by atoms with van der Waals surface area (Å²) in [5.74, 6) is 1.02. The van der Waals surface area contributed by atoms with Gasteiger partial charge in [0.2, 0.25) is 10.0 Å². The van der Waals surface area contributed by atoms with Crippen LogP contribution in [0.25, 0.3) is 17.4 Å². The van der Waals surface area contributed by atoms with Crippen molar-refractivity contribution in [2.45, 2.75) is 30.7 Å². The van der Waals surface area contributed by atoms with Crippen molar-refractivity contribution in [1.82, 2.24) is 10.7 Å². The molecule has 5 rings (SSSR count). The lowest BCUT2D eigenvalue weighted by Crippen LogP contribution is -2.37. The van der Waals surface area contributed by atoms with Crippen molar-refractivity contribution < 1.29 is 22.4 Å². The molecule has 1 saturated carbocycles. The molecular formula is C26H25ClN4O5S. The van der Waals surface area contributed by atoms with Crippen molar-refractivity contribution >= 4 is 45.2 Å². The van der Waals surface area contributed by atoms with Crippen molar-refractivity contribution in [3.8, 4) is 11.3 Å². The predicted octanol–water partition coefficient (Wildman–Crippen LogP) is 3.71. The molecule has 2 aliphatic rings. The minimum Gasteiger partial charge on any atom is -0.457 e. The highest BCUT2D eigenvalue weighted by Gasteiger charge is 2.33. The lowest BCUT2D eigenvalue weighted by molar-refractivity contribution is -0.116. The van der Waals surface area contributed by atoms with Crippen LogP contribution in [0.2, 0.25) is 5.02 Å². The number of nitrogens with one attached hydrogen (secondary N) is 2. The van der Waals surface area contributed by atoms with Crippen LogP contribution in [0.15, 0.2) is 69.5 Å². The van der Waals surface area contributed by atoms with Gasteiger partial charge in [-0.05, 0) is 86.4 Å². The summed E-state index contributed by atoms with van der Waals surface area (Å²) in [4.78, 5) is 25.3. The van der Waals surface area contributed by atoms with E-state index in [-0.39, 0.29) is 22.8 Å². The average Bonchev–Trinajstić information content (AvgIpc) is 3.51.